The Morgan fingerprint density at radius 3 is 2.48 bits per heavy atom. The second kappa shape index (κ2) is 7.55. The maximum atomic E-state index is 6.26. The van der Waals surface area contributed by atoms with Crippen LogP contribution in [0.3, 0.4) is 0 Å². The molecule has 2 nitrogen and oxygen atoms in total. The fraction of sp³-hybridized carbons (Fsp3) is 0.111. The van der Waals surface area contributed by atoms with Crippen LogP contribution < -0.4 is 0 Å². The summed E-state index contributed by atoms with van der Waals surface area (Å²) in [6.45, 7) is 6.07. The highest BCUT2D eigenvalue weighted by Gasteiger charge is 2.09. The van der Waals surface area contributed by atoms with Gasteiger partial charge in [0.15, 0.2) is 0 Å². The minimum Gasteiger partial charge on any atom is -0.283 e. The lowest BCUT2D eigenvalue weighted by atomic mass is 10.0. The Morgan fingerprint density at radius 2 is 1.81 bits per heavy atom. The Kier molecular flexibility index (Phi) is 5.47. The lowest BCUT2D eigenvalue weighted by Gasteiger charge is -2.08. The van der Waals surface area contributed by atoms with E-state index in [1.165, 1.54) is 6.20 Å². The molecule has 0 saturated heterocycles. The molecule has 0 spiro atoms. The Labute approximate surface area is 130 Å². The molecule has 3 heteroatoms. The second-order valence-electron chi connectivity index (χ2n) is 4.43. The van der Waals surface area contributed by atoms with E-state index in [2.05, 4.69) is 41.0 Å². The molecule has 0 unspecified atom stereocenters. The summed E-state index contributed by atoms with van der Waals surface area (Å²) in [6.07, 6.45) is 1.52. The summed E-state index contributed by atoms with van der Waals surface area (Å²) < 4.78 is 0. The van der Waals surface area contributed by atoms with Crippen LogP contribution in [0.5, 0.6) is 0 Å². The molecule has 0 radical (unpaired) electrons. The van der Waals surface area contributed by atoms with Gasteiger partial charge in [-0.25, -0.2) is 0 Å². The van der Waals surface area contributed by atoms with Crippen LogP contribution in [-0.4, -0.2) is 19.0 Å². The first kappa shape index (κ1) is 15.2. The van der Waals surface area contributed by atoms with Crippen molar-refractivity contribution in [1.82, 2.24) is 0 Å². The van der Waals surface area contributed by atoms with Gasteiger partial charge in [0.1, 0.15) is 0 Å². The molecular formula is C18H17ClN2. The van der Waals surface area contributed by atoms with E-state index >= 15 is 0 Å². The van der Waals surface area contributed by atoms with Gasteiger partial charge in [0.05, 0.1) is 10.7 Å². The van der Waals surface area contributed by atoms with Crippen LogP contribution in [0.25, 0.3) is 11.1 Å². The summed E-state index contributed by atoms with van der Waals surface area (Å²) in [6, 6.07) is 18.4. The Morgan fingerprint density at radius 1 is 1.10 bits per heavy atom. The minimum absolute atomic E-state index is 0.497. The van der Waals surface area contributed by atoms with Gasteiger partial charge < -0.3 is 0 Å². The van der Waals surface area contributed by atoms with E-state index < -0.39 is 0 Å². The molecular weight excluding hydrogens is 280 g/mol. The summed E-state index contributed by atoms with van der Waals surface area (Å²) in [4.78, 5) is 8.20. The second-order valence-corrected chi connectivity index (χ2v) is 4.84. The molecule has 0 aliphatic rings. The summed E-state index contributed by atoms with van der Waals surface area (Å²) in [7, 11) is 0. The van der Waals surface area contributed by atoms with Crippen LogP contribution in [0, 0.1) is 0 Å². The smallest absolute Gasteiger partial charge is 0.0848 e. The standard InChI is InChI=1S/C18H17ClN2/c1-3-21-18(17(19)13-20-2)16-11-7-10-15(12-16)14-8-5-4-6-9-14/h4-13H,2-3H2,1H3/b17-13+,21-18?. The molecule has 0 atom stereocenters. The monoisotopic (exact) mass is 296 g/mol. The average molecular weight is 297 g/mol. The van der Waals surface area contributed by atoms with Gasteiger partial charge in [0, 0.05) is 18.3 Å². The lowest BCUT2D eigenvalue weighted by Crippen LogP contribution is -2.02. The van der Waals surface area contributed by atoms with Crippen molar-refractivity contribution in [3.05, 3.63) is 71.4 Å². The molecule has 0 bridgehead atoms. The van der Waals surface area contributed by atoms with Crippen LogP contribution >= 0.6 is 11.6 Å². The van der Waals surface area contributed by atoms with E-state index in [0.29, 0.717) is 11.6 Å². The lowest BCUT2D eigenvalue weighted by molar-refractivity contribution is 1.13. The Hall–Kier alpha value is -2.19. The number of benzene rings is 2. The van der Waals surface area contributed by atoms with Crippen LogP contribution in [0.1, 0.15) is 12.5 Å². The van der Waals surface area contributed by atoms with Gasteiger partial charge in [-0.15, -0.1) is 0 Å². The van der Waals surface area contributed by atoms with Crippen molar-refractivity contribution < 1.29 is 0 Å². The highest BCUT2D eigenvalue weighted by atomic mass is 35.5. The number of halogens is 1. The third-order valence-corrected chi connectivity index (χ3v) is 3.27. The van der Waals surface area contributed by atoms with Gasteiger partial charge in [-0.1, -0.05) is 60.1 Å². The minimum atomic E-state index is 0.497. The van der Waals surface area contributed by atoms with Crippen LogP contribution in [0.15, 0.2) is 75.8 Å². The molecule has 0 heterocycles. The zero-order chi connectivity index (χ0) is 15.1. The first-order valence-corrected chi connectivity index (χ1v) is 7.16. The van der Waals surface area contributed by atoms with Gasteiger partial charge in [0.2, 0.25) is 0 Å². The normalized spacial score (nSPS) is 12.3. The van der Waals surface area contributed by atoms with E-state index in [9.17, 15) is 0 Å². The Bertz CT molecular complexity index is 673. The number of nitrogens with zero attached hydrogens (tertiary/aromatic N) is 2. The van der Waals surface area contributed by atoms with Gasteiger partial charge in [-0.2, -0.15) is 0 Å². The van der Waals surface area contributed by atoms with E-state index in [4.69, 9.17) is 11.6 Å². The predicted octanol–water partition coefficient (Wildman–Crippen LogP) is 4.94. The summed E-state index contributed by atoms with van der Waals surface area (Å²) in [5.41, 5.74) is 4.01. The van der Waals surface area contributed by atoms with Crippen LogP contribution in [0.4, 0.5) is 0 Å². The molecule has 2 rings (SSSR count). The fourth-order valence-electron chi connectivity index (χ4n) is 2.08. The summed E-state index contributed by atoms with van der Waals surface area (Å²) >= 11 is 6.26. The molecule has 0 amide bonds. The number of aliphatic imine (C=N–C) groups is 2. The van der Waals surface area contributed by atoms with Crippen molar-refractivity contribution in [2.75, 3.05) is 6.54 Å². The first-order chi connectivity index (χ1) is 10.3. The SMILES string of the molecule is C=N/C=C(/Cl)C(=NCC)c1cccc(-c2ccccc2)c1. The number of hydrogen-bond donors (Lipinski definition) is 0. The highest BCUT2D eigenvalue weighted by Crippen LogP contribution is 2.22. The average Bonchev–Trinajstić information content (AvgIpc) is 2.54. The van der Waals surface area contributed by atoms with Crippen molar-refractivity contribution in [3.63, 3.8) is 0 Å². The molecule has 0 aliphatic carbocycles. The number of rotatable bonds is 5. The molecule has 2 aromatic rings. The third kappa shape index (κ3) is 3.89. The maximum absolute atomic E-state index is 6.26. The van der Waals surface area contributed by atoms with E-state index in [-0.39, 0.29) is 0 Å². The van der Waals surface area contributed by atoms with Crippen molar-refractivity contribution in [1.29, 1.82) is 0 Å². The highest BCUT2D eigenvalue weighted by molar-refractivity contribution is 6.46. The number of hydrogen-bond acceptors (Lipinski definition) is 2. The summed E-state index contributed by atoms with van der Waals surface area (Å²) in [5, 5.41) is 0.497. The zero-order valence-electron chi connectivity index (χ0n) is 12.0. The van der Waals surface area contributed by atoms with Crippen molar-refractivity contribution in [3.8, 4) is 11.1 Å². The zero-order valence-corrected chi connectivity index (χ0v) is 12.7. The first-order valence-electron chi connectivity index (χ1n) is 6.78. The Balaban J connectivity index is 2.46. The molecule has 0 fully saturated rings. The largest absolute Gasteiger partial charge is 0.283 e. The molecule has 0 N–H and O–H groups in total. The topological polar surface area (TPSA) is 24.7 Å². The molecule has 2 aromatic carbocycles. The van der Waals surface area contributed by atoms with E-state index in [1.54, 1.807) is 0 Å². The van der Waals surface area contributed by atoms with Gasteiger partial charge >= 0.3 is 0 Å². The molecule has 21 heavy (non-hydrogen) atoms. The van der Waals surface area contributed by atoms with Crippen LogP contribution in [-0.2, 0) is 0 Å². The van der Waals surface area contributed by atoms with Crippen LogP contribution in [0.2, 0.25) is 0 Å². The van der Waals surface area contributed by atoms with Gasteiger partial charge in [-0.05, 0) is 30.8 Å². The van der Waals surface area contributed by atoms with Crippen molar-refractivity contribution in [2.45, 2.75) is 6.92 Å². The maximum Gasteiger partial charge on any atom is 0.0848 e. The van der Waals surface area contributed by atoms with Crippen molar-refractivity contribution in [2.24, 2.45) is 9.98 Å². The van der Waals surface area contributed by atoms with Gasteiger partial charge in [-0.3, -0.25) is 9.98 Å². The fourth-order valence-corrected chi connectivity index (χ4v) is 2.32. The molecule has 0 aliphatic heterocycles. The quantitative estimate of drug-likeness (QED) is 0.698. The molecule has 106 valence electrons. The number of allylic oxidation sites excluding steroid dienone is 1. The van der Waals surface area contributed by atoms with Crippen molar-refractivity contribution >= 4 is 24.0 Å². The van der Waals surface area contributed by atoms with E-state index in [0.717, 1.165) is 22.4 Å². The molecule has 0 saturated carbocycles. The summed E-state index contributed by atoms with van der Waals surface area (Å²) in [5.74, 6) is 0. The third-order valence-electron chi connectivity index (χ3n) is 2.99. The molecule has 0 aromatic heterocycles. The van der Waals surface area contributed by atoms with Gasteiger partial charge in [0.25, 0.3) is 0 Å². The predicted molar refractivity (Wildman–Crippen MR) is 92.4 cm³/mol. The van der Waals surface area contributed by atoms with E-state index in [1.807, 2.05) is 37.3 Å².